The van der Waals surface area contributed by atoms with Crippen LogP contribution in [0, 0.1) is 21.4 Å². The van der Waals surface area contributed by atoms with E-state index in [-0.39, 0.29) is 17.1 Å². The molecule has 1 heterocycles. The fourth-order valence-corrected chi connectivity index (χ4v) is 3.37. The van der Waals surface area contributed by atoms with Gasteiger partial charge >= 0.3 is 0 Å². The van der Waals surface area contributed by atoms with Crippen molar-refractivity contribution in [3.8, 4) is 39.6 Å². The first-order valence-corrected chi connectivity index (χ1v) is 9.19. The van der Waals surface area contributed by atoms with Gasteiger partial charge in [0, 0.05) is 17.2 Å². The molecule has 4 rings (SSSR count). The largest absolute Gasteiger partial charge is 0.383 e. The van der Waals surface area contributed by atoms with Gasteiger partial charge in [-0.05, 0) is 23.3 Å². The molecule has 0 bridgehead atoms. The second-order valence-corrected chi connectivity index (χ2v) is 6.64. The maximum atomic E-state index is 11.5. The quantitative estimate of drug-likeness (QED) is 0.367. The first kappa shape index (κ1) is 18.8. The molecule has 2 N–H and O–H groups in total. The Morgan fingerprint density at radius 3 is 2.10 bits per heavy atom. The summed E-state index contributed by atoms with van der Waals surface area (Å²) < 4.78 is 0. The molecule has 0 aliphatic rings. The number of nitro benzene ring substituents is 1. The molecule has 0 fully saturated rings. The van der Waals surface area contributed by atoms with Gasteiger partial charge in [-0.1, -0.05) is 66.7 Å². The minimum absolute atomic E-state index is 0.0373. The predicted octanol–water partition coefficient (Wildman–Crippen LogP) is 5.44. The average Bonchev–Trinajstić information content (AvgIpc) is 2.79. The molecule has 0 atom stereocenters. The molecular formula is C24H16N4O2. The number of nitrogens with zero attached hydrogens (tertiary/aromatic N) is 3. The van der Waals surface area contributed by atoms with Crippen LogP contribution in [0.5, 0.6) is 0 Å². The van der Waals surface area contributed by atoms with E-state index in [4.69, 9.17) is 5.73 Å². The lowest BCUT2D eigenvalue weighted by Crippen LogP contribution is -2.01. The molecule has 0 aliphatic heterocycles. The predicted molar refractivity (Wildman–Crippen MR) is 116 cm³/mol. The van der Waals surface area contributed by atoms with Gasteiger partial charge in [-0.15, -0.1) is 0 Å². The van der Waals surface area contributed by atoms with Gasteiger partial charge in [-0.2, -0.15) is 5.26 Å². The van der Waals surface area contributed by atoms with Gasteiger partial charge in [0.1, 0.15) is 17.5 Å². The van der Waals surface area contributed by atoms with E-state index in [9.17, 15) is 15.4 Å². The van der Waals surface area contributed by atoms with Crippen LogP contribution in [0.4, 0.5) is 11.5 Å². The highest BCUT2D eigenvalue weighted by atomic mass is 16.6. The van der Waals surface area contributed by atoms with Crippen LogP contribution in [0.25, 0.3) is 33.5 Å². The Morgan fingerprint density at radius 2 is 1.43 bits per heavy atom. The number of nitrogen functional groups attached to an aromatic ring is 1. The molecule has 0 aliphatic carbocycles. The Hall–Kier alpha value is -4.50. The van der Waals surface area contributed by atoms with Gasteiger partial charge < -0.3 is 5.73 Å². The smallest absolute Gasteiger partial charge is 0.277 e. The van der Waals surface area contributed by atoms with Gasteiger partial charge in [0.15, 0.2) is 0 Å². The van der Waals surface area contributed by atoms with E-state index in [0.717, 1.165) is 16.7 Å². The number of nitrogens with two attached hydrogens (primary N) is 1. The fraction of sp³-hybridized carbons (Fsp3) is 0. The first-order chi connectivity index (χ1) is 14.6. The topological polar surface area (TPSA) is 106 Å². The van der Waals surface area contributed by atoms with Crippen molar-refractivity contribution in [1.29, 1.82) is 5.26 Å². The summed E-state index contributed by atoms with van der Waals surface area (Å²) in [5.74, 6) is 0.0373. The van der Waals surface area contributed by atoms with E-state index >= 15 is 0 Å². The maximum absolute atomic E-state index is 11.5. The van der Waals surface area contributed by atoms with Crippen LogP contribution in [0.3, 0.4) is 0 Å². The van der Waals surface area contributed by atoms with Crippen LogP contribution in [0.1, 0.15) is 5.56 Å². The van der Waals surface area contributed by atoms with Crippen LogP contribution in [-0.4, -0.2) is 9.91 Å². The minimum atomic E-state index is -0.471. The molecule has 0 amide bonds. The summed E-state index contributed by atoms with van der Waals surface area (Å²) in [6.45, 7) is 0. The number of aromatic nitrogens is 1. The Balaban J connectivity index is 1.84. The summed E-state index contributed by atoms with van der Waals surface area (Å²) in [7, 11) is 0. The third kappa shape index (κ3) is 3.48. The number of nitro groups is 1. The lowest BCUT2D eigenvalue weighted by molar-refractivity contribution is -0.384. The Labute approximate surface area is 173 Å². The van der Waals surface area contributed by atoms with Crippen molar-refractivity contribution in [2.75, 3.05) is 5.73 Å². The summed E-state index contributed by atoms with van der Waals surface area (Å²) in [6.07, 6.45) is 0. The molecule has 0 unspecified atom stereocenters. The highest BCUT2D eigenvalue weighted by Gasteiger charge is 2.20. The molecule has 4 aromatic rings. The van der Waals surface area contributed by atoms with E-state index < -0.39 is 4.92 Å². The monoisotopic (exact) mass is 392 g/mol. The van der Waals surface area contributed by atoms with Crippen LogP contribution in [0.15, 0.2) is 84.9 Å². The molecule has 6 heteroatoms. The van der Waals surface area contributed by atoms with Crippen molar-refractivity contribution in [3.05, 3.63) is 101 Å². The van der Waals surface area contributed by atoms with Crippen molar-refractivity contribution in [2.24, 2.45) is 0 Å². The summed E-state index contributed by atoms with van der Waals surface area (Å²) in [5, 5.41) is 21.1. The lowest BCUT2D eigenvalue weighted by Gasteiger charge is -2.11. The molecule has 0 saturated carbocycles. The van der Waals surface area contributed by atoms with Gasteiger partial charge in [0.25, 0.3) is 5.69 Å². The maximum Gasteiger partial charge on any atom is 0.277 e. The second kappa shape index (κ2) is 7.86. The van der Waals surface area contributed by atoms with E-state index in [1.165, 1.54) is 6.07 Å². The average molecular weight is 392 g/mol. The first-order valence-electron chi connectivity index (χ1n) is 9.19. The molecule has 6 nitrogen and oxygen atoms in total. The number of hydrogen-bond acceptors (Lipinski definition) is 5. The Morgan fingerprint density at radius 1 is 0.833 bits per heavy atom. The Kier molecular flexibility index (Phi) is 4.93. The van der Waals surface area contributed by atoms with Crippen molar-refractivity contribution in [3.63, 3.8) is 0 Å². The van der Waals surface area contributed by atoms with E-state index in [1.54, 1.807) is 24.3 Å². The highest BCUT2D eigenvalue weighted by Crippen LogP contribution is 2.36. The number of hydrogen-bond donors (Lipinski definition) is 1. The molecule has 0 radical (unpaired) electrons. The normalized spacial score (nSPS) is 10.4. The van der Waals surface area contributed by atoms with Crippen molar-refractivity contribution < 1.29 is 4.92 Å². The molecule has 3 aromatic carbocycles. The van der Waals surface area contributed by atoms with Crippen LogP contribution in [0.2, 0.25) is 0 Å². The molecular weight excluding hydrogens is 376 g/mol. The van der Waals surface area contributed by atoms with Gasteiger partial charge in [0.2, 0.25) is 0 Å². The molecule has 144 valence electrons. The lowest BCUT2D eigenvalue weighted by atomic mass is 9.96. The minimum Gasteiger partial charge on any atom is -0.383 e. The summed E-state index contributed by atoms with van der Waals surface area (Å²) >= 11 is 0. The van der Waals surface area contributed by atoms with Crippen molar-refractivity contribution in [1.82, 2.24) is 4.98 Å². The molecule has 0 spiro atoms. The fourth-order valence-electron chi connectivity index (χ4n) is 3.37. The standard InChI is InChI=1S/C24H16N4O2/c25-15-21-20(19-8-4-5-9-23(19)28(29)30)14-22(27-24(21)26)18-12-10-17(11-13-18)16-6-2-1-3-7-16/h1-14H,(H2,26,27). The third-order valence-electron chi connectivity index (χ3n) is 4.84. The van der Waals surface area contributed by atoms with Crippen LogP contribution < -0.4 is 5.73 Å². The van der Waals surface area contributed by atoms with Crippen molar-refractivity contribution >= 4 is 11.5 Å². The van der Waals surface area contributed by atoms with Gasteiger partial charge in [0.05, 0.1) is 16.2 Å². The highest BCUT2D eigenvalue weighted by molar-refractivity contribution is 5.84. The number of pyridine rings is 1. The zero-order valence-electron chi connectivity index (χ0n) is 15.8. The number of anilines is 1. The number of rotatable bonds is 4. The summed E-state index contributed by atoms with van der Waals surface area (Å²) in [4.78, 5) is 15.4. The summed E-state index contributed by atoms with van der Waals surface area (Å²) in [5.41, 5.74) is 10.3. The number of para-hydroxylation sites is 1. The second-order valence-electron chi connectivity index (χ2n) is 6.64. The van der Waals surface area contributed by atoms with Crippen LogP contribution in [-0.2, 0) is 0 Å². The summed E-state index contributed by atoms with van der Waals surface area (Å²) in [6, 6.07) is 27.7. The molecule has 0 saturated heterocycles. The number of nitriles is 1. The van der Waals surface area contributed by atoms with Gasteiger partial charge in [-0.3, -0.25) is 10.1 Å². The number of benzene rings is 3. The Bertz CT molecular complexity index is 1280. The molecule has 30 heavy (non-hydrogen) atoms. The zero-order valence-corrected chi connectivity index (χ0v) is 15.8. The molecule has 1 aromatic heterocycles. The van der Waals surface area contributed by atoms with Gasteiger partial charge in [-0.25, -0.2) is 4.98 Å². The van der Waals surface area contributed by atoms with E-state index in [1.807, 2.05) is 60.7 Å². The SMILES string of the molecule is N#Cc1c(-c2ccccc2[N+](=O)[O-])cc(-c2ccc(-c3ccccc3)cc2)nc1N. The third-order valence-corrected chi connectivity index (χ3v) is 4.84. The van der Waals surface area contributed by atoms with Crippen LogP contribution >= 0.6 is 0 Å². The van der Waals surface area contributed by atoms with E-state index in [0.29, 0.717) is 16.8 Å². The van der Waals surface area contributed by atoms with E-state index in [2.05, 4.69) is 4.98 Å². The van der Waals surface area contributed by atoms with Crippen molar-refractivity contribution in [2.45, 2.75) is 0 Å². The zero-order chi connectivity index (χ0) is 21.1.